The van der Waals surface area contributed by atoms with Gasteiger partial charge in [0.25, 0.3) is 15.9 Å². The van der Waals surface area contributed by atoms with E-state index in [1.54, 1.807) is 24.3 Å². The summed E-state index contributed by atoms with van der Waals surface area (Å²) in [5.74, 6) is 0.0177. The second kappa shape index (κ2) is 8.37. The highest BCUT2D eigenvalue weighted by atomic mass is 32.2. The number of methoxy groups -OCH3 is 2. The molecule has 0 aliphatic rings. The molecule has 2 aromatic rings. The zero-order valence-electron chi connectivity index (χ0n) is 14.1. The lowest BCUT2D eigenvalue weighted by atomic mass is 10.2. The van der Waals surface area contributed by atoms with Crippen molar-refractivity contribution in [2.45, 2.75) is 4.90 Å². The van der Waals surface area contributed by atoms with Crippen molar-refractivity contribution in [3.05, 3.63) is 54.1 Å². The Labute approximate surface area is 151 Å². The van der Waals surface area contributed by atoms with E-state index < -0.39 is 15.9 Å². The molecule has 0 fully saturated rings. The first kappa shape index (κ1) is 19.3. The summed E-state index contributed by atoms with van der Waals surface area (Å²) in [4.78, 5) is 11.0. The maximum atomic E-state index is 12.6. The van der Waals surface area contributed by atoms with E-state index in [1.165, 1.54) is 44.0 Å². The number of carbonyl (C=O) groups excluding carboxylic acids is 1. The predicted octanol–water partition coefficient (Wildman–Crippen LogP) is 2.02. The molecule has 2 rings (SSSR count). The van der Waals surface area contributed by atoms with E-state index in [0.29, 0.717) is 22.7 Å². The predicted molar refractivity (Wildman–Crippen MR) is 95.8 cm³/mol. The van der Waals surface area contributed by atoms with Gasteiger partial charge in [-0.15, -0.1) is 0 Å². The van der Waals surface area contributed by atoms with Crippen LogP contribution in [0.1, 0.15) is 5.56 Å². The highest BCUT2D eigenvalue weighted by Crippen LogP contribution is 2.30. The first-order valence-corrected chi connectivity index (χ1v) is 8.85. The minimum absolute atomic E-state index is 0.00996. The maximum Gasteiger partial charge on any atom is 0.267 e. The van der Waals surface area contributed by atoms with E-state index >= 15 is 0 Å². The van der Waals surface area contributed by atoms with Crippen LogP contribution in [-0.2, 0) is 14.8 Å². The van der Waals surface area contributed by atoms with Crippen molar-refractivity contribution in [1.82, 2.24) is 5.48 Å². The number of ether oxygens (including phenoxy) is 2. The Morgan fingerprint density at radius 3 is 2.46 bits per heavy atom. The molecule has 26 heavy (non-hydrogen) atoms. The molecular formula is C17H18N2O6S. The summed E-state index contributed by atoms with van der Waals surface area (Å²) >= 11 is 0. The summed E-state index contributed by atoms with van der Waals surface area (Å²) in [6, 6.07) is 10.7. The van der Waals surface area contributed by atoms with Gasteiger partial charge in [-0.3, -0.25) is 14.7 Å². The Kier molecular flexibility index (Phi) is 6.21. The second-order valence-electron chi connectivity index (χ2n) is 5.06. The quantitative estimate of drug-likeness (QED) is 0.386. The summed E-state index contributed by atoms with van der Waals surface area (Å²) in [6.45, 7) is 0. The Morgan fingerprint density at radius 1 is 1.08 bits per heavy atom. The summed E-state index contributed by atoms with van der Waals surface area (Å²) in [6.07, 6.45) is 2.54. The molecule has 0 spiro atoms. The number of benzene rings is 2. The molecular weight excluding hydrogens is 360 g/mol. The van der Waals surface area contributed by atoms with Gasteiger partial charge in [0.2, 0.25) is 0 Å². The highest BCUT2D eigenvalue weighted by Gasteiger charge is 2.17. The van der Waals surface area contributed by atoms with Crippen LogP contribution in [0.5, 0.6) is 11.5 Å². The molecule has 0 aromatic heterocycles. The number of hydroxylamine groups is 1. The van der Waals surface area contributed by atoms with Crippen molar-refractivity contribution in [3.63, 3.8) is 0 Å². The summed E-state index contributed by atoms with van der Waals surface area (Å²) < 4.78 is 37.8. The van der Waals surface area contributed by atoms with Crippen molar-refractivity contribution in [2.75, 3.05) is 18.9 Å². The molecule has 0 heterocycles. The third-order valence-electron chi connectivity index (χ3n) is 3.34. The number of hydrogen-bond donors (Lipinski definition) is 3. The smallest absolute Gasteiger partial charge is 0.267 e. The monoisotopic (exact) mass is 378 g/mol. The van der Waals surface area contributed by atoms with Crippen LogP contribution in [0.2, 0.25) is 0 Å². The Balaban J connectivity index is 2.27. The first-order valence-electron chi connectivity index (χ1n) is 7.36. The van der Waals surface area contributed by atoms with Gasteiger partial charge >= 0.3 is 0 Å². The highest BCUT2D eigenvalue weighted by molar-refractivity contribution is 7.92. The topological polar surface area (TPSA) is 114 Å². The molecule has 0 saturated heterocycles. The average Bonchev–Trinajstić information content (AvgIpc) is 2.65. The average molecular weight is 378 g/mol. The van der Waals surface area contributed by atoms with Crippen LogP contribution in [0.4, 0.5) is 5.69 Å². The van der Waals surface area contributed by atoms with E-state index in [4.69, 9.17) is 14.7 Å². The molecule has 8 nitrogen and oxygen atoms in total. The number of carbonyl (C=O) groups is 1. The van der Waals surface area contributed by atoms with Crippen LogP contribution < -0.4 is 19.7 Å². The van der Waals surface area contributed by atoms with Crippen molar-refractivity contribution in [1.29, 1.82) is 0 Å². The van der Waals surface area contributed by atoms with Gasteiger partial charge in [0.05, 0.1) is 19.1 Å². The van der Waals surface area contributed by atoms with Crippen LogP contribution in [0.3, 0.4) is 0 Å². The Bertz CT molecular complexity index is 925. The molecule has 0 aliphatic heterocycles. The van der Waals surface area contributed by atoms with E-state index in [0.717, 1.165) is 6.08 Å². The van der Waals surface area contributed by atoms with Crippen molar-refractivity contribution in [3.8, 4) is 11.5 Å². The third-order valence-corrected chi connectivity index (χ3v) is 4.72. The molecule has 0 saturated carbocycles. The molecule has 138 valence electrons. The molecule has 2 aromatic carbocycles. The number of rotatable bonds is 7. The maximum absolute atomic E-state index is 12.6. The Morgan fingerprint density at radius 2 is 1.81 bits per heavy atom. The second-order valence-corrected chi connectivity index (χ2v) is 6.74. The van der Waals surface area contributed by atoms with Gasteiger partial charge in [-0.25, -0.2) is 13.9 Å². The van der Waals surface area contributed by atoms with E-state index in [9.17, 15) is 13.2 Å². The lowest BCUT2D eigenvalue weighted by Gasteiger charge is -2.12. The number of nitrogens with one attached hydrogen (secondary N) is 2. The van der Waals surface area contributed by atoms with Gasteiger partial charge < -0.3 is 9.47 Å². The zero-order chi connectivity index (χ0) is 19.2. The van der Waals surface area contributed by atoms with Crippen molar-refractivity contribution >= 4 is 27.7 Å². The Hall–Kier alpha value is -3.04. The van der Waals surface area contributed by atoms with E-state index in [1.807, 2.05) is 0 Å². The fourth-order valence-electron chi connectivity index (χ4n) is 2.11. The van der Waals surface area contributed by atoms with Gasteiger partial charge in [0.1, 0.15) is 0 Å². The minimum Gasteiger partial charge on any atom is -0.493 e. The van der Waals surface area contributed by atoms with Crippen molar-refractivity contribution in [2.24, 2.45) is 0 Å². The molecule has 9 heteroatoms. The molecule has 0 atom stereocenters. The lowest BCUT2D eigenvalue weighted by molar-refractivity contribution is -0.124. The van der Waals surface area contributed by atoms with E-state index in [2.05, 4.69) is 4.72 Å². The molecule has 3 N–H and O–H groups in total. The number of sulfonamides is 1. The van der Waals surface area contributed by atoms with E-state index in [-0.39, 0.29) is 4.90 Å². The molecule has 0 bridgehead atoms. The van der Waals surface area contributed by atoms with Gasteiger partial charge in [-0.2, -0.15) is 0 Å². The van der Waals surface area contributed by atoms with Gasteiger partial charge in [-0.05, 0) is 35.9 Å². The normalized spacial score (nSPS) is 11.2. The van der Waals surface area contributed by atoms with Crippen LogP contribution in [-0.4, -0.2) is 33.8 Å². The lowest BCUT2D eigenvalue weighted by Crippen LogP contribution is -2.14. The summed E-state index contributed by atoms with van der Waals surface area (Å²) in [5, 5.41) is 8.46. The number of hydrogen-bond acceptors (Lipinski definition) is 6. The fourth-order valence-corrected chi connectivity index (χ4v) is 3.18. The number of anilines is 1. The van der Waals surface area contributed by atoms with Gasteiger partial charge in [0.15, 0.2) is 11.5 Å². The largest absolute Gasteiger partial charge is 0.493 e. The number of amides is 1. The third kappa shape index (κ3) is 4.74. The molecule has 1 amide bonds. The zero-order valence-corrected chi connectivity index (χ0v) is 14.9. The first-order chi connectivity index (χ1) is 12.4. The molecule has 0 radical (unpaired) electrons. The summed E-state index contributed by atoms with van der Waals surface area (Å²) in [7, 11) is -0.977. The standard InChI is InChI=1S/C17H18N2O6S/c1-24-15-8-7-14(11-16(15)25-2)26(22,23)19-13-5-3-4-12(10-13)6-9-17(20)18-21/h3-11,19,21H,1-2H3,(H,18,20)/b9-6+. The van der Waals surface area contributed by atoms with Crippen LogP contribution >= 0.6 is 0 Å². The molecule has 0 unspecified atom stereocenters. The SMILES string of the molecule is COc1ccc(S(=O)(=O)Nc2cccc(/C=C/C(=O)NO)c2)cc1OC. The van der Waals surface area contributed by atoms with Crippen LogP contribution in [0.25, 0.3) is 6.08 Å². The van der Waals surface area contributed by atoms with Crippen LogP contribution in [0, 0.1) is 0 Å². The molecule has 0 aliphatic carbocycles. The minimum atomic E-state index is -3.85. The van der Waals surface area contributed by atoms with Gasteiger partial charge in [-0.1, -0.05) is 12.1 Å². The van der Waals surface area contributed by atoms with Crippen LogP contribution in [0.15, 0.2) is 53.4 Å². The summed E-state index contributed by atoms with van der Waals surface area (Å²) in [5.41, 5.74) is 2.35. The fraction of sp³-hybridized carbons (Fsp3) is 0.118. The van der Waals surface area contributed by atoms with Crippen molar-refractivity contribution < 1.29 is 27.9 Å². The van der Waals surface area contributed by atoms with Gasteiger partial charge in [0, 0.05) is 17.8 Å².